The van der Waals surface area contributed by atoms with Crippen molar-refractivity contribution in [2.75, 3.05) is 24.6 Å². The Morgan fingerprint density at radius 2 is 0.857 bits per heavy atom. The molecule has 0 heterocycles. The first kappa shape index (κ1) is 39.5. The van der Waals surface area contributed by atoms with Gasteiger partial charge in [-0.25, -0.2) is 26.3 Å². The van der Waals surface area contributed by atoms with Gasteiger partial charge in [0.05, 0.1) is 11.5 Å². The van der Waals surface area contributed by atoms with Crippen LogP contribution in [0.25, 0.3) is 0 Å². The summed E-state index contributed by atoms with van der Waals surface area (Å²) in [5, 5.41) is 20.2. The first-order chi connectivity index (χ1) is 16.0. The summed E-state index contributed by atoms with van der Waals surface area (Å²) in [6, 6.07) is 0. The van der Waals surface area contributed by atoms with Gasteiger partial charge in [0, 0.05) is 37.9 Å². The van der Waals surface area contributed by atoms with Gasteiger partial charge in [0.1, 0.15) is 0 Å². The van der Waals surface area contributed by atoms with Gasteiger partial charge >= 0.3 is 37.7 Å². The number of nitrogens with one attached hydrogen (secondary N) is 2. The van der Waals surface area contributed by atoms with Crippen LogP contribution in [0.3, 0.4) is 0 Å². The molecule has 0 unspecified atom stereocenters. The maximum atomic E-state index is 11.4. The van der Waals surface area contributed by atoms with Crippen LogP contribution in [0.2, 0.25) is 0 Å². The zero-order chi connectivity index (χ0) is 26.3. The topological polar surface area (TPSA) is 173 Å². The number of rotatable bonds is 22. The third kappa shape index (κ3) is 34.0. The molecule has 10 nitrogen and oxygen atoms in total. The number of aliphatic carboxylic acids is 2. The predicted molar refractivity (Wildman–Crippen MR) is 135 cm³/mol. The molecule has 0 aromatic heterocycles. The first-order valence-electron chi connectivity index (χ1n) is 12.3. The average Bonchev–Trinajstić information content (AvgIpc) is 2.72. The van der Waals surface area contributed by atoms with Crippen molar-refractivity contribution in [1.82, 2.24) is 9.44 Å². The Morgan fingerprint density at radius 1 is 0.571 bits per heavy atom. The fourth-order valence-electron chi connectivity index (χ4n) is 2.91. The fraction of sp³-hybridized carbons (Fsp3) is 0.909. The van der Waals surface area contributed by atoms with Crippen molar-refractivity contribution in [1.29, 1.82) is 0 Å². The minimum absolute atomic E-state index is 0. The van der Waals surface area contributed by atoms with E-state index in [2.05, 4.69) is 23.3 Å². The molecule has 0 amide bonds. The van der Waals surface area contributed by atoms with E-state index in [-0.39, 0.29) is 75.2 Å². The van der Waals surface area contributed by atoms with Crippen molar-refractivity contribution in [3.63, 3.8) is 0 Å². The van der Waals surface area contributed by atoms with Crippen molar-refractivity contribution in [3.8, 4) is 0 Å². The van der Waals surface area contributed by atoms with E-state index in [4.69, 9.17) is 0 Å². The molecular weight excluding hydrogens is 524 g/mol. The van der Waals surface area contributed by atoms with Gasteiger partial charge in [-0.05, 0) is 12.8 Å². The molecule has 0 saturated heterocycles. The van der Waals surface area contributed by atoms with Crippen LogP contribution < -0.4 is 19.7 Å². The molecule has 0 aliphatic heterocycles. The van der Waals surface area contributed by atoms with Crippen LogP contribution in [0.1, 0.15) is 104 Å². The standard InChI is InChI=1S/2C11H23NO4S.Ca/c2*1-2-3-4-5-6-7-10-17(15,16)12-9-8-11(13)14;/h2*12H,2-10H2,1H3,(H,13,14);/q;;+2/p-2. The van der Waals surface area contributed by atoms with Gasteiger partial charge in [0.2, 0.25) is 20.0 Å². The van der Waals surface area contributed by atoms with Crippen molar-refractivity contribution >= 4 is 69.7 Å². The van der Waals surface area contributed by atoms with Crippen molar-refractivity contribution in [2.45, 2.75) is 104 Å². The van der Waals surface area contributed by atoms with E-state index in [1.54, 1.807) is 0 Å². The molecule has 0 spiro atoms. The number of sulfonamides is 2. The van der Waals surface area contributed by atoms with Crippen LogP contribution in [-0.4, -0.2) is 91.1 Å². The minimum atomic E-state index is -3.31. The minimum Gasteiger partial charge on any atom is -0.550 e. The average molecular weight is 569 g/mol. The SMILES string of the molecule is CCCCCCCCS(=O)(=O)NCCC(=O)[O-].CCCCCCCCS(=O)(=O)NCCC(=O)[O-].[Ca+2]. The second kappa shape index (κ2) is 25.7. The van der Waals surface area contributed by atoms with Crippen LogP contribution in [-0.2, 0) is 29.6 Å². The van der Waals surface area contributed by atoms with Gasteiger partial charge in [-0.2, -0.15) is 0 Å². The Labute approximate surface area is 242 Å². The number of carboxylic acid groups (broad SMARTS) is 2. The summed E-state index contributed by atoms with van der Waals surface area (Å²) >= 11 is 0. The molecule has 0 bridgehead atoms. The summed E-state index contributed by atoms with van der Waals surface area (Å²) in [6.07, 6.45) is 11.6. The van der Waals surface area contributed by atoms with Crippen molar-refractivity contribution in [3.05, 3.63) is 0 Å². The van der Waals surface area contributed by atoms with Gasteiger partial charge in [-0.15, -0.1) is 0 Å². The number of carbonyl (C=O) groups is 2. The van der Waals surface area contributed by atoms with E-state index in [9.17, 15) is 36.6 Å². The molecule has 0 radical (unpaired) electrons. The molecule has 0 saturated carbocycles. The molecule has 0 aliphatic rings. The second-order valence-electron chi connectivity index (χ2n) is 8.21. The largest absolute Gasteiger partial charge is 2.00 e. The maximum Gasteiger partial charge on any atom is 2.00 e. The smallest absolute Gasteiger partial charge is 0.550 e. The molecule has 2 N–H and O–H groups in total. The van der Waals surface area contributed by atoms with Gasteiger partial charge in [0.15, 0.2) is 0 Å². The number of hydrogen-bond donors (Lipinski definition) is 2. The van der Waals surface area contributed by atoms with Crippen LogP contribution in [0.5, 0.6) is 0 Å². The Morgan fingerprint density at radius 3 is 1.14 bits per heavy atom. The Bertz CT molecular complexity index is 670. The summed E-state index contributed by atoms with van der Waals surface area (Å²) in [4.78, 5) is 20.2. The molecule has 0 rings (SSSR count). The van der Waals surface area contributed by atoms with E-state index in [1.165, 1.54) is 25.7 Å². The van der Waals surface area contributed by atoms with Crippen molar-refractivity contribution in [2.24, 2.45) is 0 Å². The number of hydrogen-bond acceptors (Lipinski definition) is 8. The molecule has 13 heteroatoms. The van der Waals surface area contributed by atoms with Gasteiger partial charge in [-0.3, -0.25) is 0 Å². The van der Waals surface area contributed by atoms with Crippen molar-refractivity contribution < 1.29 is 36.6 Å². The van der Waals surface area contributed by atoms with E-state index in [0.29, 0.717) is 12.8 Å². The summed E-state index contributed by atoms with van der Waals surface area (Å²) in [6.45, 7) is 4.10. The number of carbonyl (C=O) groups excluding carboxylic acids is 2. The molecule has 0 fully saturated rings. The van der Waals surface area contributed by atoms with E-state index < -0.39 is 32.0 Å². The Kier molecular flexibility index (Phi) is 29.0. The molecule has 0 aromatic carbocycles. The third-order valence-electron chi connectivity index (χ3n) is 4.84. The normalized spacial score (nSPS) is 11.3. The summed E-state index contributed by atoms with van der Waals surface area (Å²) in [5.41, 5.74) is 0. The molecule has 35 heavy (non-hydrogen) atoms. The molecule has 204 valence electrons. The molecule has 0 aromatic rings. The zero-order valence-electron chi connectivity index (χ0n) is 21.5. The van der Waals surface area contributed by atoms with E-state index in [1.807, 2.05) is 0 Å². The second-order valence-corrected chi connectivity index (χ2v) is 12.1. The number of unbranched alkanes of at least 4 members (excludes halogenated alkanes) is 10. The van der Waals surface area contributed by atoms with Gasteiger partial charge < -0.3 is 19.8 Å². The molecule has 0 aliphatic carbocycles. The van der Waals surface area contributed by atoms with Crippen LogP contribution in [0.4, 0.5) is 0 Å². The number of carboxylic acids is 2. The van der Waals surface area contributed by atoms with E-state index in [0.717, 1.165) is 38.5 Å². The quantitative estimate of drug-likeness (QED) is 0.140. The maximum absolute atomic E-state index is 11.4. The summed E-state index contributed by atoms with van der Waals surface area (Å²) < 4.78 is 50.0. The zero-order valence-corrected chi connectivity index (χ0v) is 25.4. The summed E-state index contributed by atoms with van der Waals surface area (Å²) in [5.74, 6) is -2.34. The van der Waals surface area contributed by atoms with Crippen LogP contribution >= 0.6 is 0 Å². The Hall–Kier alpha value is 0.0197. The first-order valence-corrected chi connectivity index (χ1v) is 15.6. The Balaban J connectivity index is -0.000000569. The molecule has 0 atom stereocenters. The predicted octanol–water partition coefficient (Wildman–Crippen LogP) is 0.432. The van der Waals surface area contributed by atoms with Gasteiger partial charge in [-0.1, -0.05) is 78.1 Å². The van der Waals surface area contributed by atoms with Crippen LogP contribution in [0.15, 0.2) is 0 Å². The van der Waals surface area contributed by atoms with E-state index >= 15 is 0 Å². The summed E-state index contributed by atoms with van der Waals surface area (Å²) in [7, 11) is -6.62. The van der Waals surface area contributed by atoms with Crippen LogP contribution in [0, 0.1) is 0 Å². The van der Waals surface area contributed by atoms with Gasteiger partial charge in [0.25, 0.3) is 0 Å². The third-order valence-corrected chi connectivity index (χ3v) is 7.78. The fourth-order valence-corrected chi connectivity index (χ4v) is 5.19. The molecular formula is C22H44CaN2O8S2. The monoisotopic (exact) mass is 568 g/mol.